The topological polar surface area (TPSA) is 67.2 Å². The normalized spacial score (nSPS) is 21.5. The minimum absolute atomic E-state index is 0.213. The van der Waals surface area contributed by atoms with Crippen molar-refractivity contribution in [2.24, 2.45) is 0 Å². The summed E-state index contributed by atoms with van der Waals surface area (Å²) in [6.45, 7) is 0. The lowest BCUT2D eigenvalue weighted by Crippen LogP contribution is -2.22. The van der Waals surface area contributed by atoms with Gasteiger partial charge in [-0.3, -0.25) is 0 Å². The Balaban J connectivity index is 2.56. The molecule has 0 saturated carbocycles. The molecule has 0 spiro atoms. The van der Waals surface area contributed by atoms with Crippen molar-refractivity contribution >= 4 is 28.0 Å². The predicted octanol–water partition coefficient (Wildman–Crippen LogP) is 1.39. The van der Waals surface area contributed by atoms with Crippen molar-refractivity contribution < 1.29 is 9.32 Å². The molecule has 0 aliphatic carbocycles. The van der Waals surface area contributed by atoms with Gasteiger partial charge in [-0.1, -0.05) is 23.7 Å². The van der Waals surface area contributed by atoms with E-state index < -0.39 is 10.8 Å². The Labute approximate surface area is 112 Å². The third-order valence-electron chi connectivity index (χ3n) is 2.49. The van der Waals surface area contributed by atoms with Gasteiger partial charge in [0.2, 0.25) is 0 Å². The lowest BCUT2D eigenvalue weighted by atomic mass is 10.1. The van der Waals surface area contributed by atoms with E-state index in [0.717, 1.165) is 5.41 Å². The smallest absolute Gasteiger partial charge is 0.128 e. The molecular weight excluding hydrogens is 272 g/mol. The van der Waals surface area contributed by atoms with Crippen LogP contribution in [-0.4, -0.2) is 16.2 Å². The number of halogens is 1. The van der Waals surface area contributed by atoms with Crippen molar-refractivity contribution in [1.82, 2.24) is 4.90 Å². The maximum Gasteiger partial charge on any atom is 0.128 e. The van der Waals surface area contributed by atoms with E-state index in [9.17, 15) is 14.6 Å². The van der Waals surface area contributed by atoms with Crippen LogP contribution in [0.4, 0.5) is 0 Å². The zero-order chi connectivity index (χ0) is 13.3. The van der Waals surface area contributed by atoms with Gasteiger partial charge in [-0.2, -0.15) is 5.26 Å². The highest BCUT2D eigenvalue weighted by Crippen LogP contribution is 2.29. The average molecular weight is 280 g/mol. The van der Waals surface area contributed by atoms with Gasteiger partial charge in [0.1, 0.15) is 11.1 Å². The van der Waals surface area contributed by atoms with Crippen molar-refractivity contribution in [2.45, 2.75) is 0 Å². The summed E-state index contributed by atoms with van der Waals surface area (Å²) < 4.78 is 11.8. The first-order valence-corrected chi connectivity index (χ1v) is 6.57. The molecule has 0 aromatic heterocycles. The summed E-state index contributed by atoms with van der Waals surface area (Å²) in [6.07, 6.45) is 0. The molecule has 92 valence electrons. The molecule has 1 aliphatic rings. The Kier molecular flexibility index (Phi) is 3.41. The number of allylic oxidation sites excluding steroid dienone is 1. The summed E-state index contributed by atoms with van der Waals surface area (Å²) in [4.78, 5) is 1.23. The zero-order valence-electron chi connectivity index (χ0n) is 9.38. The van der Waals surface area contributed by atoms with E-state index >= 15 is 0 Å². The fourth-order valence-electron chi connectivity index (χ4n) is 1.58. The number of benzene rings is 1. The SMILES string of the molecule is CN1C([O-])=CS(=O)/C1=C(/C#N)c1ccc(Cl)cc1. The maximum absolute atomic E-state index is 11.8. The Hall–Kier alpha value is -1.77. The van der Waals surface area contributed by atoms with Crippen molar-refractivity contribution in [1.29, 1.82) is 5.26 Å². The standard InChI is InChI=1S/C12H9ClN2O2S/c1-15-11(16)7-18(17)12(15)10(6-14)8-2-4-9(13)5-3-8/h2-5,7,16H,1H3/p-1/b12-10-. The number of hydrogen-bond donors (Lipinski definition) is 0. The molecule has 0 amide bonds. The lowest BCUT2D eigenvalue weighted by Gasteiger charge is -2.21. The fourth-order valence-corrected chi connectivity index (χ4v) is 2.89. The van der Waals surface area contributed by atoms with Crippen LogP contribution >= 0.6 is 11.6 Å². The molecular formula is C12H8ClN2O2S-. The van der Waals surface area contributed by atoms with E-state index in [-0.39, 0.29) is 16.5 Å². The molecule has 1 heterocycles. The highest BCUT2D eigenvalue weighted by atomic mass is 35.5. The first-order valence-electron chi connectivity index (χ1n) is 4.98. The predicted molar refractivity (Wildman–Crippen MR) is 68.0 cm³/mol. The second kappa shape index (κ2) is 4.84. The van der Waals surface area contributed by atoms with Crippen LogP contribution in [-0.2, 0) is 10.8 Å². The van der Waals surface area contributed by atoms with E-state index in [1.165, 1.54) is 11.9 Å². The van der Waals surface area contributed by atoms with E-state index in [2.05, 4.69) is 0 Å². The summed E-state index contributed by atoms with van der Waals surface area (Å²) in [5.41, 5.74) is 0.801. The van der Waals surface area contributed by atoms with Crippen LogP contribution in [0.15, 0.2) is 40.6 Å². The summed E-state index contributed by atoms with van der Waals surface area (Å²) in [7, 11) is -0.0887. The number of nitriles is 1. The monoisotopic (exact) mass is 279 g/mol. The van der Waals surface area contributed by atoms with Crippen LogP contribution < -0.4 is 5.11 Å². The molecule has 0 saturated heterocycles. The van der Waals surface area contributed by atoms with Crippen LogP contribution in [0, 0.1) is 11.3 Å². The Morgan fingerprint density at radius 3 is 2.50 bits per heavy atom. The number of rotatable bonds is 1. The second-order valence-corrected chi connectivity index (χ2v) is 5.27. The molecule has 0 bridgehead atoms. The molecule has 0 radical (unpaired) electrons. The van der Waals surface area contributed by atoms with Crippen molar-refractivity contribution in [2.75, 3.05) is 7.05 Å². The zero-order valence-corrected chi connectivity index (χ0v) is 11.0. The van der Waals surface area contributed by atoms with Gasteiger partial charge in [0.25, 0.3) is 0 Å². The fraction of sp³-hybridized carbons (Fsp3) is 0.0833. The number of nitrogens with zero attached hydrogens (tertiary/aromatic N) is 2. The minimum atomic E-state index is -1.58. The second-order valence-electron chi connectivity index (χ2n) is 3.61. The van der Waals surface area contributed by atoms with Crippen LogP contribution in [0.25, 0.3) is 5.57 Å². The van der Waals surface area contributed by atoms with E-state index in [1.54, 1.807) is 24.3 Å². The quantitative estimate of drug-likeness (QED) is 0.729. The van der Waals surface area contributed by atoms with E-state index in [1.807, 2.05) is 6.07 Å². The Bertz CT molecular complexity index is 614. The first kappa shape index (κ1) is 12.7. The van der Waals surface area contributed by atoms with Crippen LogP contribution in [0.5, 0.6) is 0 Å². The molecule has 1 aromatic carbocycles. The van der Waals surface area contributed by atoms with Crippen LogP contribution in [0.3, 0.4) is 0 Å². The molecule has 18 heavy (non-hydrogen) atoms. The molecule has 1 atom stereocenters. The van der Waals surface area contributed by atoms with Gasteiger partial charge < -0.3 is 10.0 Å². The molecule has 1 unspecified atom stereocenters. The third-order valence-corrected chi connectivity index (χ3v) is 4.02. The molecule has 6 heteroatoms. The van der Waals surface area contributed by atoms with Gasteiger partial charge in [-0.15, -0.1) is 0 Å². The first-order chi connectivity index (χ1) is 8.54. The Morgan fingerprint density at radius 2 is 2.06 bits per heavy atom. The van der Waals surface area contributed by atoms with Crippen molar-refractivity contribution in [3.8, 4) is 6.07 Å². The third kappa shape index (κ3) is 2.13. The Morgan fingerprint density at radius 1 is 1.44 bits per heavy atom. The van der Waals surface area contributed by atoms with Gasteiger partial charge in [0, 0.05) is 17.5 Å². The molecule has 0 fully saturated rings. The van der Waals surface area contributed by atoms with E-state index in [0.29, 0.717) is 10.6 Å². The highest BCUT2D eigenvalue weighted by Gasteiger charge is 2.23. The molecule has 1 aromatic rings. The molecule has 1 aliphatic heterocycles. The van der Waals surface area contributed by atoms with Crippen LogP contribution in [0.2, 0.25) is 5.02 Å². The lowest BCUT2D eigenvalue weighted by molar-refractivity contribution is -0.325. The average Bonchev–Trinajstić information content (AvgIpc) is 2.59. The summed E-state index contributed by atoms with van der Waals surface area (Å²) in [5, 5.41) is 22.5. The van der Waals surface area contributed by atoms with Crippen molar-refractivity contribution in [3.05, 3.63) is 51.2 Å². The van der Waals surface area contributed by atoms with Gasteiger partial charge in [0.15, 0.2) is 0 Å². The van der Waals surface area contributed by atoms with Gasteiger partial charge >= 0.3 is 0 Å². The molecule has 4 nitrogen and oxygen atoms in total. The highest BCUT2D eigenvalue weighted by molar-refractivity contribution is 7.92. The van der Waals surface area contributed by atoms with Gasteiger partial charge in [-0.05, 0) is 23.6 Å². The van der Waals surface area contributed by atoms with Crippen LogP contribution in [0.1, 0.15) is 5.56 Å². The van der Waals surface area contributed by atoms with E-state index in [4.69, 9.17) is 11.6 Å². The molecule has 0 N–H and O–H groups in total. The largest absolute Gasteiger partial charge is 0.860 e. The summed E-state index contributed by atoms with van der Waals surface area (Å²) >= 11 is 5.77. The van der Waals surface area contributed by atoms with Crippen molar-refractivity contribution in [3.63, 3.8) is 0 Å². The van der Waals surface area contributed by atoms with Gasteiger partial charge in [-0.25, -0.2) is 4.21 Å². The summed E-state index contributed by atoms with van der Waals surface area (Å²) in [6, 6.07) is 8.57. The minimum Gasteiger partial charge on any atom is -0.860 e. The summed E-state index contributed by atoms with van der Waals surface area (Å²) in [5.74, 6) is -0.370. The molecule has 2 rings (SSSR count). The van der Waals surface area contributed by atoms with Gasteiger partial charge in [0.05, 0.1) is 16.4 Å². The number of hydrogen-bond acceptors (Lipinski definition) is 4. The maximum atomic E-state index is 11.8.